The maximum absolute atomic E-state index is 13.3. The average molecular weight is 529 g/mol. The van der Waals surface area contributed by atoms with Crippen LogP contribution in [-0.4, -0.2) is 50.5 Å². The van der Waals surface area contributed by atoms with Gasteiger partial charge in [0.05, 0.1) is 17.0 Å². The summed E-state index contributed by atoms with van der Waals surface area (Å²) in [5.74, 6) is -0.439. The Hall–Kier alpha value is -2.29. The van der Waals surface area contributed by atoms with E-state index in [-0.39, 0.29) is 48.5 Å². The number of hydrogen-bond donors (Lipinski definition) is 1. The molecule has 0 fully saturated rings. The van der Waals surface area contributed by atoms with Gasteiger partial charge in [0.25, 0.3) is 0 Å². The van der Waals surface area contributed by atoms with E-state index in [1.807, 2.05) is 44.2 Å². The number of nitrogens with zero attached hydrogens (tertiary/aromatic N) is 2. The number of carbonyl (C=O) groups is 2. The van der Waals surface area contributed by atoms with Crippen LogP contribution in [-0.2, 0) is 26.2 Å². The SMILES string of the molecule is CCNC(=O)C(CC)N(Cc1ccccc1)C(=O)CCCN(c1cc(Cl)ccc1Cl)S(C)(=O)=O. The molecule has 34 heavy (non-hydrogen) atoms. The molecule has 7 nitrogen and oxygen atoms in total. The second-order valence-corrected chi connectivity index (χ2v) is 10.6. The van der Waals surface area contributed by atoms with E-state index in [0.29, 0.717) is 18.0 Å². The van der Waals surface area contributed by atoms with Crippen LogP contribution in [0.2, 0.25) is 10.0 Å². The van der Waals surface area contributed by atoms with Crippen LogP contribution < -0.4 is 9.62 Å². The molecule has 2 amide bonds. The summed E-state index contributed by atoms with van der Waals surface area (Å²) in [5, 5.41) is 3.39. The first-order valence-corrected chi connectivity index (χ1v) is 13.7. The van der Waals surface area contributed by atoms with E-state index < -0.39 is 16.1 Å². The highest BCUT2D eigenvalue weighted by molar-refractivity contribution is 7.92. The Morgan fingerprint density at radius 2 is 1.74 bits per heavy atom. The second-order valence-electron chi connectivity index (χ2n) is 7.86. The molecule has 0 spiro atoms. The second kappa shape index (κ2) is 13.0. The number of carbonyl (C=O) groups excluding carboxylic acids is 2. The van der Waals surface area contributed by atoms with E-state index in [1.54, 1.807) is 11.0 Å². The van der Waals surface area contributed by atoms with E-state index in [9.17, 15) is 18.0 Å². The van der Waals surface area contributed by atoms with Gasteiger partial charge in [0.15, 0.2) is 0 Å². The monoisotopic (exact) mass is 527 g/mol. The van der Waals surface area contributed by atoms with Crippen LogP contribution in [0.25, 0.3) is 0 Å². The Morgan fingerprint density at radius 3 is 2.32 bits per heavy atom. The van der Waals surface area contributed by atoms with Crippen molar-refractivity contribution in [3.8, 4) is 0 Å². The molecule has 1 atom stereocenters. The lowest BCUT2D eigenvalue weighted by molar-refractivity contribution is -0.141. The van der Waals surface area contributed by atoms with Gasteiger partial charge in [0.2, 0.25) is 21.8 Å². The van der Waals surface area contributed by atoms with Gasteiger partial charge in [-0.15, -0.1) is 0 Å². The van der Waals surface area contributed by atoms with Crippen LogP contribution in [0, 0.1) is 0 Å². The molecular formula is C24H31Cl2N3O4S. The van der Waals surface area contributed by atoms with Crippen molar-refractivity contribution >= 4 is 50.7 Å². The average Bonchev–Trinajstić information content (AvgIpc) is 2.78. The van der Waals surface area contributed by atoms with Crippen molar-refractivity contribution in [3.05, 3.63) is 64.1 Å². The fourth-order valence-electron chi connectivity index (χ4n) is 3.65. The molecule has 0 aliphatic carbocycles. The number of amides is 2. The minimum Gasteiger partial charge on any atom is -0.355 e. The molecule has 0 radical (unpaired) electrons. The van der Waals surface area contributed by atoms with Gasteiger partial charge >= 0.3 is 0 Å². The molecule has 0 aliphatic heterocycles. The van der Waals surface area contributed by atoms with Crippen molar-refractivity contribution in [2.45, 2.75) is 45.7 Å². The third-order valence-corrected chi connectivity index (χ3v) is 7.00. The minimum atomic E-state index is -3.66. The van der Waals surface area contributed by atoms with Gasteiger partial charge in [0.1, 0.15) is 6.04 Å². The molecule has 0 heterocycles. The van der Waals surface area contributed by atoms with Gasteiger partial charge in [-0.25, -0.2) is 8.42 Å². The van der Waals surface area contributed by atoms with Crippen LogP contribution >= 0.6 is 23.2 Å². The Morgan fingerprint density at radius 1 is 1.06 bits per heavy atom. The number of hydrogen-bond acceptors (Lipinski definition) is 4. The zero-order chi connectivity index (χ0) is 25.3. The molecule has 0 bridgehead atoms. The predicted molar refractivity (Wildman–Crippen MR) is 138 cm³/mol. The van der Waals surface area contributed by atoms with Crippen LogP contribution in [0.15, 0.2) is 48.5 Å². The maximum Gasteiger partial charge on any atom is 0.242 e. The maximum atomic E-state index is 13.3. The van der Waals surface area contributed by atoms with Crippen molar-refractivity contribution < 1.29 is 18.0 Å². The minimum absolute atomic E-state index is 0.0434. The fraction of sp³-hybridized carbons (Fsp3) is 0.417. The van der Waals surface area contributed by atoms with Gasteiger partial charge in [0, 0.05) is 31.1 Å². The number of benzene rings is 2. The summed E-state index contributed by atoms with van der Waals surface area (Å²) in [5.41, 5.74) is 1.17. The molecule has 186 valence electrons. The van der Waals surface area contributed by atoms with Crippen LogP contribution in [0.4, 0.5) is 5.69 Å². The number of likely N-dealkylation sites (N-methyl/N-ethyl adjacent to an activating group) is 1. The normalized spacial score (nSPS) is 12.1. The highest BCUT2D eigenvalue weighted by atomic mass is 35.5. The molecule has 1 N–H and O–H groups in total. The van der Waals surface area contributed by atoms with Crippen LogP contribution in [0.3, 0.4) is 0 Å². The topological polar surface area (TPSA) is 86.8 Å². The van der Waals surface area contributed by atoms with Crippen molar-refractivity contribution in [1.29, 1.82) is 0 Å². The molecule has 0 saturated heterocycles. The van der Waals surface area contributed by atoms with Gasteiger partial charge < -0.3 is 10.2 Å². The van der Waals surface area contributed by atoms with Crippen molar-refractivity contribution in [2.75, 3.05) is 23.7 Å². The molecule has 1 unspecified atom stereocenters. The number of sulfonamides is 1. The van der Waals surface area contributed by atoms with E-state index in [1.165, 1.54) is 12.1 Å². The first kappa shape index (κ1) is 28.0. The zero-order valence-corrected chi connectivity index (χ0v) is 22.0. The lowest BCUT2D eigenvalue weighted by atomic mass is 10.1. The molecular weight excluding hydrogens is 497 g/mol. The lowest BCUT2D eigenvalue weighted by Crippen LogP contribution is -2.49. The number of rotatable bonds is 12. The Labute approximate surface area is 212 Å². The van der Waals surface area contributed by atoms with Crippen LogP contribution in [0.5, 0.6) is 0 Å². The molecule has 2 aromatic carbocycles. The van der Waals surface area contributed by atoms with Gasteiger partial charge in [-0.2, -0.15) is 0 Å². The van der Waals surface area contributed by atoms with Gasteiger partial charge in [-0.3, -0.25) is 13.9 Å². The first-order chi connectivity index (χ1) is 16.1. The summed E-state index contributed by atoms with van der Waals surface area (Å²) in [6.07, 6.45) is 1.84. The Kier molecular flexibility index (Phi) is 10.7. The highest BCUT2D eigenvalue weighted by Crippen LogP contribution is 2.31. The highest BCUT2D eigenvalue weighted by Gasteiger charge is 2.28. The molecule has 0 aliphatic rings. The van der Waals surface area contributed by atoms with E-state index in [2.05, 4.69) is 5.32 Å². The lowest BCUT2D eigenvalue weighted by Gasteiger charge is -2.31. The third kappa shape index (κ3) is 7.89. The fourth-order valence-corrected chi connectivity index (χ4v) is 5.06. The number of anilines is 1. The summed E-state index contributed by atoms with van der Waals surface area (Å²) in [4.78, 5) is 27.5. The van der Waals surface area contributed by atoms with E-state index in [0.717, 1.165) is 16.1 Å². The zero-order valence-electron chi connectivity index (χ0n) is 19.6. The molecule has 0 saturated carbocycles. The molecule has 2 aromatic rings. The molecule has 0 aromatic heterocycles. The quantitative estimate of drug-likeness (QED) is 0.440. The summed E-state index contributed by atoms with van der Waals surface area (Å²) >= 11 is 12.3. The smallest absolute Gasteiger partial charge is 0.242 e. The summed E-state index contributed by atoms with van der Waals surface area (Å²) in [6.45, 7) is 4.48. The van der Waals surface area contributed by atoms with E-state index >= 15 is 0 Å². The van der Waals surface area contributed by atoms with Crippen LogP contribution in [0.1, 0.15) is 38.7 Å². The standard InChI is InChI=1S/C24H31Cl2N3O4S/c1-4-21(24(31)27-5-2)28(17-18-10-7-6-8-11-18)23(30)12-9-15-29(34(3,32)33)22-16-19(25)13-14-20(22)26/h6-8,10-11,13-14,16,21H,4-5,9,12,15,17H2,1-3H3,(H,27,31). The van der Waals surface area contributed by atoms with E-state index in [4.69, 9.17) is 23.2 Å². The Balaban J connectivity index is 2.21. The predicted octanol–water partition coefficient (Wildman–Crippen LogP) is 4.48. The van der Waals surface area contributed by atoms with Crippen molar-refractivity contribution in [1.82, 2.24) is 10.2 Å². The van der Waals surface area contributed by atoms with Gasteiger partial charge in [-0.1, -0.05) is 60.5 Å². The molecule has 2 rings (SSSR count). The largest absolute Gasteiger partial charge is 0.355 e. The third-order valence-electron chi connectivity index (χ3n) is 5.26. The number of halogens is 2. The first-order valence-electron chi connectivity index (χ1n) is 11.1. The summed E-state index contributed by atoms with van der Waals surface area (Å²) in [7, 11) is -3.66. The van der Waals surface area contributed by atoms with Crippen molar-refractivity contribution in [3.63, 3.8) is 0 Å². The van der Waals surface area contributed by atoms with Crippen molar-refractivity contribution in [2.24, 2.45) is 0 Å². The molecule has 10 heteroatoms. The Bertz CT molecular complexity index is 1080. The van der Waals surface area contributed by atoms with Gasteiger partial charge in [-0.05, 0) is 43.5 Å². The summed E-state index contributed by atoms with van der Waals surface area (Å²) in [6, 6.07) is 13.4. The number of nitrogens with one attached hydrogen (secondary N) is 1. The summed E-state index contributed by atoms with van der Waals surface area (Å²) < 4.78 is 26.0.